The van der Waals surface area contributed by atoms with E-state index in [2.05, 4.69) is 39.8 Å². The maximum Gasteiger partial charge on any atom is 0.306 e. The van der Waals surface area contributed by atoms with Gasteiger partial charge < -0.3 is 23.4 Å². The first-order chi connectivity index (χ1) is 28.9. The standard InChI is InChI=1S/C50H100N2O7S/c1-6-9-12-15-18-19-20-26-34-46-58-49(53)39-31-27-33-42-51(43-35-44-52(4,5)45-36-47-60(55,56)57)41-32-25-21-24-30-40-50(54)59-48(37-28-22-16-13-10-7-2)38-29-23-17-14-11-8-3/h48H,6-47H2,1-5H3. The number of quaternary nitrogens is 1. The van der Waals surface area contributed by atoms with E-state index < -0.39 is 10.1 Å². The third-order valence-corrected chi connectivity index (χ3v) is 13.0. The maximum atomic E-state index is 12.9. The highest BCUT2D eigenvalue weighted by Crippen LogP contribution is 2.19. The Labute approximate surface area is 373 Å². The normalized spacial score (nSPS) is 12.2. The van der Waals surface area contributed by atoms with Crippen LogP contribution in [0.25, 0.3) is 0 Å². The van der Waals surface area contributed by atoms with Crippen LogP contribution in [0, 0.1) is 0 Å². The molecule has 0 amide bonds. The van der Waals surface area contributed by atoms with Crippen LogP contribution in [0.2, 0.25) is 0 Å². The second kappa shape index (κ2) is 41.8. The molecule has 0 saturated carbocycles. The summed E-state index contributed by atoms with van der Waals surface area (Å²) in [6.07, 6.45) is 39.2. The van der Waals surface area contributed by atoms with E-state index in [0.717, 1.165) is 122 Å². The average Bonchev–Trinajstić information content (AvgIpc) is 3.19. The van der Waals surface area contributed by atoms with Gasteiger partial charge in [0.15, 0.2) is 0 Å². The highest BCUT2D eigenvalue weighted by atomic mass is 32.2. The minimum absolute atomic E-state index is 0.00816. The highest BCUT2D eigenvalue weighted by Gasteiger charge is 2.17. The molecule has 0 bridgehead atoms. The number of rotatable bonds is 47. The number of carbonyl (C=O) groups is 2. The van der Waals surface area contributed by atoms with Crippen LogP contribution in [-0.2, 0) is 29.2 Å². The lowest BCUT2D eigenvalue weighted by Crippen LogP contribution is -2.43. The summed E-state index contributed by atoms with van der Waals surface area (Å²) in [5.41, 5.74) is 0. The first-order valence-electron chi connectivity index (χ1n) is 25.8. The van der Waals surface area contributed by atoms with Crippen molar-refractivity contribution in [1.29, 1.82) is 0 Å². The van der Waals surface area contributed by atoms with Crippen LogP contribution in [0.15, 0.2) is 0 Å². The molecule has 0 N–H and O–H groups in total. The molecular weight excluding hydrogens is 773 g/mol. The molecule has 0 unspecified atom stereocenters. The van der Waals surface area contributed by atoms with Crippen LogP contribution < -0.4 is 0 Å². The van der Waals surface area contributed by atoms with E-state index in [1.165, 1.54) is 109 Å². The first kappa shape index (κ1) is 58.8. The summed E-state index contributed by atoms with van der Waals surface area (Å²) in [5.74, 6) is -0.370. The summed E-state index contributed by atoms with van der Waals surface area (Å²) in [5, 5.41) is 0. The molecule has 358 valence electrons. The SMILES string of the molecule is CCCCCCCCCCCOC(=O)CCCCCN(CCCCCCCC(=O)OC(CCCCCCCC)CCCCCCCC)CCC[N+](C)(C)CCCS(=O)(=O)[O-]. The van der Waals surface area contributed by atoms with Gasteiger partial charge in [0.1, 0.15) is 6.10 Å². The molecule has 0 aliphatic heterocycles. The minimum Gasteiger partial charge on any atom is -0.748 e. The van der Waals surface area contributed by atoms with E-state index in [0.29, 0.717) is 36.9 Å². The number of ether oxygens (including phenoxy) is 2. The van der Waals surface area contributed by atoms with Gasteiger partial charge in [-0.3, -0.25) is 9.59 Å². The minimum atomic E-state index is -4.18. The predicted octanol–water partition coefficient (Wildman–Crippen LogP) is 13.1. The van der Waals surface area contributed by atoms with Gasteiger partial charge in [0.25, 0.3) is 0 Å². The van der Waals surface area contributed by atoms with Gasteiger partial charge in [-0.2, -0.15) is 0 Å². The van der Waals surface area contributed by atoms with Crippen molar-refractivity contribution in [1.82, 2.24) is 4.90 Å². The highest BCUT2D eigenvalue weighted by molar-refractivity contribution is 7.85. The fourth-order valence-corrected chi connectivity index (χ4v) is 8.72. The second-order valence-corrected chi connectivity index (χ2v) is 20.3. The molecule has 0 aliphatic carbocycles. The number of hydrogen-bond acceptors (Lipinski definition) is 8. The molecular formula is C50H100N2O7S. The Bertz CT molecular complexity index is 1050. The van der Waals surface area contributed by atoms with Crippen molar-refractivity contribution in [2.75, 3.05) is 59.2 Å². The summed E-state index contributed by atoms with van der Waals surface area (Å²) in [4.78, 5) is 27.7. The number of nitrogens with zero attached hydrogens (tertiary/aromatic N) is 2. The van der Waals surface area contributed by atoms with Crippen LogP contribution in [0.3, 0.4) is 0 Å². The van der Waals surface area contributed by atoms with Crippen LogP contribution in [-0.4, -0.2) is 99.6 Å². The molecule has 0 radical (unpaired) electrons. The van der Waals surface area contributed by atoms with Crippen molar-refractivity contribution >= 4 is 22.1 Å². The lowest BCUT2D eigenvalue weighted by molar-refractivity contribution is -0.890. The van der Waals surface area contributed by atoms with E-state index in [1.54, 1.807) is 0 Å². The Balaban J connectivity index is 4.60. The van der Waals surface area contributed by atoms with Crippen molar-refractivity contribution < 1.29 is 36.5 Å². The van der Waals surface area contributed by atoms with Crippen molar-refractivity contribution in [2.24, 2.45) is 0 Å². The molecule has 0 aromatic rings. The summed E-state index contributed by atoms with van der Waals surface area (Å²) in [6, 6.07) is 0. The van der Waals surface area contributed by atoms with Gasteiger partial charge >= 0.3 is 11.9 Å². The third kappa shape index (κ3) is 43.4. The summed E-state index contributed by atoms with van der Waals surface area (Å²) >= 11 is 0. The average molecular weight is 873 g/mol. The maximum absolute atomic E-state index is 12.9. The molecule has 0 rings (SSSR count). The Morgan fingerprint density at radius 2 is 0.883 bits per heavy atom. The van der Waals surface area contributed by atoms with E-state index in [4.69, 9.17) is 9.47 Å². The van der Waals surface area contributed by atoms with Crippen molar-refractivity contribution in [3.63, 3.8) is 0 Å². The molecule has 10 heteroatoms. The van der Waals surface area contributed by atoms with Crippen LogP contribution in [0.5, 0.6) is 0 Å². The number of hydrogen-bond donors (Lipinski definition) is 0. The molecule has 60 heavy (non-hydrogen) atoms. The molecule has 9 nitrogen and oxygen atoms in total. The molecule has 0 atom stereocenters. The van der Waals surface area contributed by atoms with Gasteiger partial charge in [0.05, 0.1) is 43.9 Å². The Morgan fingerprint density at radius 3 is 1.38 bits per heavy atom. The van der Waals surface area contributed by atoms with E-state index in [1.807, 2.05) is 0 Å². The number of unbranched alkanes of at least 4 members (excludes halogenated alkanes) is 24. The van der Waals surface area contributed by atoms with Crippen LogP contribution in [0.4, 0.5) is 0 Å². The predicted molar refractivity (Wildman–Crippen MR) is 252 cm³/mol. The molecule has 0 aliphatic rings. The third-order valence-electron chi connectivity index (χ3n) is 12.2. The largest absolute Gasteiger partial charge is 0.748 e. The fourth-order valence-electron chi connectivity index (χ4n) is 8.24. The zero-order valence-corrected chi connectivity index (χ0v) is 41.3. The van der Waals surface area contributed by atoms with Gasteiger partial charge in [-0.25, -0.2) is 8.42 Å². The second-order valence-electron chi connectivity index (χ2n) is 18.8. The van der Waals surface area contributed by atoms with E-state index in [-0.39, 0.29) is 23.8 Å². The van der Waals surface area contributed by atoms with Gasteiger partial charge in [-0.05, 0) is 70.9 Å². The lowest BCUT2D eigenvalue weighted by atomic mass is 10.0. The van der Waals surface area contributed by atoms with Crippen molar-refractivity contribution in [2.45, 2.75) is 252 Å². The number of esters is 2. The fraction of sp³-hybridized carbons (Fsp3) is 0.960. The molecule has 0 spiro atoms. The van der Waals surface area contributed by atoms with Gasteiger partial charge in [0, 0.05) is 38.0 Å². The van der Waals surface area contributed by atoms with E-state index >= 15 is 0 Å². The molecule has 0 heterocycles. The zero-order valence-electron chi connectivity index (χ0n) is 40.4. The summed E-state index contributed by atoms with van der Waals surface area (Å²) in [7, 11) is 0.0420. The van der Waals surface area contributed by atoms with Crippen LogP contribution in [0.1, 0.15) is 245 Å². The topological polar surface area (TPSA) is 113 Å². The molecule has 0 fully saturated rings. The molecule has 0 aromatic heterocycles. The Kier molecular flexibility index (Phi) is 40.9. The monoisotopic (exact) mass is 873 g/mol. The molecule has 0 aromatic carbocycles. The molecule has 0 saturated heterocycles. The van der Waals surface area contributed by atoms with Crippen LogP contribution >= 0.6 is 0 Å². The smallest absolute Gasteiger partial charge is 0.306 e. The lowest BCUT2D eigenvalue weighted by Gasteiger charge is -2.31. The van der Waals surface area contributed by atoms with Crippen molar-refractivity contribution in [3.05, 3.63) is 0 Å². The Morgan fingerprint density at radius 1 is 0.500 bits per heavy atom. The van der Waals surface area contributed by atoms with Gasteiger partial charge in [-0.1, -0.05) is 162 Å². The van der Waals surface area contributed by atoms with Crippen molar-refractivity contribution in [3.8, 4) is 0 Å². The van der Waals surface area contributed by atoms with Gasteiger partial charge in [0.2, 0.25) is 0 Å². The number of carbonyl (C=O) groups excluding carboxylic acids is 2. The zero-order chi connectivity index (χ0) is 44.4. The Hall–Kier alpha value is -1.23. The first-order valence-corrected chi connectivity index (χ1v) is 27.3. The van der Waals surface area contributed by atoms with Gasteiger partial charge in [-0.15, -0.1) is 0 Å². The summed E-state index contributed by atoms with van der Waals surface area (Å²) < 4.78 is 45.5. The quantitative estimate of drug-likeness (QED) is 0.0257. The summed E-state index contributed by atoms with van der Waals surface area (Å²) in [6.45, 7) is 11.9. The van der Waals surface area contributed by atoms with E-state index in [9.17, 15) is 22.6 Å².